The first kappa shape index (κ1) is 12.8. The molecule has 0 unspecified atom stereocenters. The van der Waals surface area contributed by atoms with Gasteiger partial charge in [0, 0.05) is 37.4 Å². The summed E-state index contributed by atoms with van der Waals surface area (Å²) in [5.41, 5.74) is -0.0769. The van der Waals surface area contributed by atoms with Crippen molar-refractivity contribution in [2.24, 2.45) is 0 Å². The Morgan fingerprint density at radius 3 is 2.88 bits per heavy atom. The maximum Gasteiger partial charge on any atom is 0.259 e. The van der Waals surface area contributed by atoms with Crippen LogP contribution in [-0.2, 0) is 0 Å². The van der Waals surface area contributed by atoms with E-state index >= 15 is 0 Å². The van der Waals surface area contributed by atoms with Crippen LogP contribution in [0.25, 0.3) is 0 Å². The molecular weight excluding hydrogens is 228 g/mol. The number of H-pyrrole nitrogens is 1. The molecule has 5 heteroatoms. The van der Waals surface area contributed by atoms with Crippen molar-refractivity contribution in [2.75, 3.05) is 19.0 Å². The highest BCUT2D eigenvalue weighted by atomic mass is 35.5. The average Bonchev–Trinajstić information content (AvgIpc) is 2.30. The lowest BCUT2D eigenvalue weighted by molar-refractivity contribution is 0.0763. The van der Waals surface area contributed by atoms with E-state index in [0.717, 1.165) is 6.42 Å². The van der Waals surface area contributed by atoms with E-state index in [4.69, 9.17) is 11.6 Å². The van der Waals surface area contributed by atoms with Gasteiger partial charge in [0.25, 0.3) is 5.91 Å². The number of nitrogens with one attached hydrogen (secondary N) is 1. The number of alkyl halides is 1. The highest BCUT2D eigenvalue weighted by molar-refractivity contribution is 6.17. The van der Waals surface area contributed by atoms with Crippen molar-refractivity contribution >= 4 is 17.5 Å². The maximum absolute atomic E-state index is 12.0. The molecule has 1 rings (SSSR count). The normalized spacial score (nSPS) is 10.1. The Morgan fingerprint density at radius 1 is 1.56 bits per heavy atom. The molecule has 0 atom stereocenters. The summed E-state index contributed by atoms with van der Waals surface area (Å²) in [7, 11) is 0. The van der Waals surface area contributed by atoms with Crippen LogP contribution in [0.2, 0.25) is 0 Å². The van der Waals surface area contributed by atoms with Crippen molar-refractivity contribution in [3.05, 3.63) is 34.2 Å². The quantitative estimate of drug-likeness (QED) is 0.795. The van der Waals surface area contributed by atoms with Gasteiger partial charge in [-0.15, -0.1) is 11.6 Å². The van der Waals surface area contributed by atoms with Gasteiger partial charge in [-0.1, -0.05) is 0 Å². The first-order valence-electron chi connectivity index (χ1n) is 5.23. The standard InChI is InChI=1S/C11H15ClN2O2/c1-2-14(7-3-5-12)11(16)9-8-13-6-4-10(9)15/h4,6,8H,2-3,5,7H2,1H3,(H,13,15). The highest BCUT2D eigenvalue weighted by Gasteiger charge is 2.15. The lowest BCUT2D eigenvalue weighted by atomic mass is 10.2. The SMILES string of the molecule is CCN(CCCCl)C(=O)c1c[nH]ccc1=O. The molecule has 16 heavy (non-hydrogen) atoms. The van der Waals surface area contributed by atoms with Crippen LogP contribution in [0.4, 0.5) is 0 Å². The first-order valence-corrected chi connectivity index (χ1v) is 5.76. The lowest BCUT2D eigenvalue weighted by Gasteiger charge is -2.19. The van der Waals surface area contributed by atoms with Gasteiger partial charge < -0.3 is 9.88 Å². The van der Waals surface area contributed by atoms with Crippen LogP contribution in [0.15, 0.2) is 23.3 Å². The minimum absolute atomic E-state index is 0.180. The second-order valence-corrected chi connectivity index (χ2v) is 3.73. The fraction of sp³-hybridized carbons (Fsp3) is 0.455. The number of aromatic nitrogens is 1. The molecule has 1 amide bonds. The van der Waals surface area contributed by atoms with Gasteiger partial charge in [0.15, 0.2) is 5.43 Å². The Morgan fingerprint density at radius 2 is 2.31 bits per heavy atom. The molecule has 0 aliphatic carbocycles. The zero-order valence-electron chi connectivity index (χ0n) is 9.20. The second kappa shape index (κ2) is 6.33. The minimum atomic E-state index is -0.256. The molecule has 1 aromatic rings. The number of aromatic amines is 1. The fourth-order valence-electron chi connectivity index (χ4n) is 1.41. The van der Waals surface area contributed by atoms with Crippen molar-refractivity contribution in [1.82, 2.24) is 9.88 Å². The number of halogens is 1. The molecular formula is C11H15ClN2O2. The van der Waals surface area contributed by atoms with Gasteiger partial charge >= 0.3 is 0 Å². The number of hydrogen-bond acceptors (Lipinski definition) is 2. The van der Waals surface area contributed by atoms with E-state index in [-0.39, 0.29) is 16.9 Å². The Hall–Kier alpha value is -1.29. The van der Waals surface area contributed by atoms with Crippen molar-refractivity contribution in [2.45, 2.75) is 13.3 Å². The molecule has 0 aliphatic heterocycles. The number of carbonyl (C=O) groups is 1. The van der Waals surface area contributed by atoms with Crippen LogP contribution in [-0.4, -0.2) is 34.8 Å². The molecule has 1 N–H and O–H groups in total. The van der Waals surface area contributed by atoms with Gasteiger partial charge in [-0.25, -0.2) is 0 Å². The maximum atomic E-state index is 12.0. The summed E-state index contributed by atoms with van der Waals surface area (Å²) < 4.78 is 0. The molecule has 88 valence electrons. The van der Waals surface area contributed by atoms with E-state index < -0.39 is 0 Å². The average molecular weight is 243 g/mol. The summed E-state index contributed by atoms with van der Waals surface area (Å²) in [4.78, 5) is 27.8. The minimum Gasteiger partial charge on any atom is -0.367 e. The summed E-state index contributed by atoms with van der Waals surface area (Å²) in [6.45, 7) is 3.03. The van der Waals surface area contributed by atoms with Crippen LogP contribution in [0.3, 0.4) is 0 Å². The number of carbonyl (C=O) groups excluding carboxylic acids is 1. The van der Waals surface area contributed by atoms with Gasteiger partial charge in [0.2, 0.25) is 0 Å². The molecule has 0 saturated carbocycles. The molecule has 0 aliphatic rings. The summed E-state index contributed by atoms with van der Waals surface area (Å²) in [6.07, 6.45) is 3.67. The summed E-state index contributed by atoms with van der Waals surface area (Å²) >= 11 is 5.58. The van der Waals surface area contributed by atoms with E-state index in [1.165, 1.54) is 18.5 Å². The van der Waals surface area contributed by atoms with Crippen molar-refractivity contribution < 1.29 is 4.79 Å². The Balaban J connectivity index is 2.83. The molecule has 1 aromatic heterocycles. The number of pyridine rings is 1. The topological polar surface area (TPSA) is 53.2 Å². The third kappa shape index (κ3) is 3.10. The highest BCUT2D eigenvalue weighted by Crippen LogP contribution is 2.00. The number of nitrogens with zero attached hydrogens (tertiary/aromatic N) is 1. The molecule has 4 nitrogen and oxygen atoms in total. The molecule has 0 radical (unpaired) electrons. The number of rotatable bonds is 5. The Labute approximate surface area is 99.2 Å². The van der Waals surface area contributed by atoms with Crippen LogP contribution >= 0.6 is 11.6 Å². The summed E-state index contributed by atoms with van der Waals surface area (Å²) in [5, 5.41) is 0. The van der Waals surface area contributed by atoms with Crippen LogP contribution in [0.5, 0.6) is 0 Å². The fourth-order valence-corrected chi connectivity index (χ4v) is 1.53. The third-order valence-electron chi connectivity index (χ3n) is 2.29. The van der Waals surface area contributed by atoms with Gasteiger partial charge in [-0.05, 0) is 13.3 Å². The van der Waals surface area contributed by atoms with Gasteiger partial charge in [-0.3, -0.25) is 9.59 Å². The van der Waals surface area contributed by atoms with E-state index in [1.54, 1.807) is 4.90 Å². The van der Waals surface area contributed by atoms with Crippen LogP contribution in [0, 0.1) is 0 Å². The summed E-state index contributed by atoms with van der Waals surface area (Å²) in [5.74, 6) is 0.268. The van der Waals surface area contributed by atoms with E-state index in [9.17, 15) is 9.59 Å². The number of hydrogen-bond donors (Lipinski definition) is 1. The molecule has 0 spiro atoms. The summed E-state index contributed by atoms with van der Waals surface area (Å²) in [6, 6.07) is 1.35. The van der Waals surface area contributed by atoms with Crippen molar-refractivity contribution in [1.29, 1.82) is 0 Å². The predicted octanol–water partition coefficient (Wildman–Crippen LogP) is 1.47. The van der Waals surface area contributed by atoms with Gasteiger partial charge in [-0.2, -0.15) is 0 Å². The molecule has 0 bridgehead atoms. The van der Waals surface area contributed by atoms with Crippen LogP contribution < -0.4 is 5.43 Å². The molecule has 0 fully saturated rings. The van der Waals surface area contributed by atoms with E-state index in [1.807, 2.05) is 6.92 Å². The molecule has 0 saturated heterocycles. The zero-order chi connectivity index (χ0) is 12.0. The first-order chi connectivity index (χ1) is 7.70. The molecule has 0 aromatic carbocycles. The monoisotopic (exact) mass is 242 g/mol. The largest absolute Gasteiger partial charge is 0.367 e. The predicted molar refractivity (Wildman–Crippen MR) is 64.0 cm³/mol. The van der Waals surface area contributed by atoms with E-state index in [0.29, 0.717) is 19.0 Å². The van der Waals surface area contributed by atoms with Crippen molar-refractivity contribution in [3.63, 3.8) is 0 Å². The number of amides is 1. The second-order valence-electron chi connectivity index (χ2n) is 3.35. The molecule has 1 heterocycles. The Kier molecular flexibility index (Phi) is 5.05. The third-order valence-corrected chi connectivity index (χ3v) is 2.55. The van der Waals surface area contributed by atoms with Gasteiger partial charge in [0.05, 0.1) is 0 Å². The smallest absolute Gasteiger partial charge is 0.259 e. The van der Waals surface area contributed by atoms with E-state index in [2.05, 4.69) is 4.98 Å². The van der Waals surface area contributed by atoms with Crippen LogP contribution in [0.1, 0.15) is 23.7 Å². The Bertz CT molecular complexity index is 403. The van der Waals surface area contributed by atoms with Gasteiger partial charge in [0.1, 0.15) is 5.56 Å². The lowest BCUT2D eigenvalue weighted by Crippen LogP contribution is -2.34. The van der Waals surface area contributed by atoms with Crippen molar-refractivity contribution in [3.8, 4) is 0 Å². The zero-order valence-corrected chi connectivity index (χ0v) is 9.96.